The van der Waals surface area contributed by atoms with E-state index < -0.39 is 5.41 Å². The summed E-state index contributed by atoms with van der Waals surface area (Å²) in [6.07, 6.45) is 8.75. The maximum absolute atomic E-state index is 14.5. The van der Waals surface area contributed by atoms with Crippen LogP contribution in [0.15, 0.2) is 85.1 Å². The van der Waals surface area contributed by atoms with Gasteiger partial charge in [-0.3, -0.25) is 14.3 Å². The summed E-state index contributed by atoms with van der Waals surface area (Å²) in [5.41, 5.74) is 6.44. The highest BCUT2D eigenvalue weighted by atomic mass is 16.6. The molecule has 2 aliphatic carbocycles. The summed E-state index contributed by atoms with van der Waals surface area (Å²) >= 11 is 0. The van der Waals surface area contributed by atoms with Crippen molar-refractivity contribution in [1.29, 1.82) is 0 Å². The van der Waals surface area contributed by atoms with Crippen LogP contribution in [0.3, 0.4) is 0 Å². The summed E-state index contributed by atoms with van der Waals surface area (Å²) < 4.78 is 7.84. The predicted molar refractivity (Wildman–Crippen MR) is 201 cm³/mol. The van der Waals surface area contributed by atoms with Crippen LogP contribution in [0.1, 0.15) is 104 Å². The number of hydrogen-bond acceptors (Lipinski definition) is 5. The van der Waals surface area contributed by atoms with E-state index in [9.17, 15) is 14.4 Å². The summed E-state index contributed by atoms with van der Waals surface area (Å²) in [7, 11) is 0. The Morgan fingerprint density at radius 2 is 1.52 bits per heavy atom. The van der Waals surface area contributed by atoms with E-state index in [0.717, 1.165) is 5.69 Å². The van der Waals surface area contributed by atoms with Crippen LogP contribution >= 0.6 is 0 Å². The summed E-state index contributed by atoms with van der Waals surface area (Å²) in [4.78, 5) is 46.1. The van der Waals surface area contributed by atoms with E-state index in [1.165, 1.54) is 59.9 Å². The second-order valence-electron chi connectivity index (χ2n) is 15.6. The minimum absolute atomic E-state index is 0.0138. The monoisotopic (exact) mass is 699 g/mol. The Balaban J connectivity index is 1.02. The van der Waals surface area contributed by atoms with Crippen LogP contribution in [0.25, 0.3) is 11.1 Å². The number of ether oxygens (including phenoxy) is 1. The van der Waals surface area contributed by atoms with E-state index in [1.54, 1.807) is 26.7 Å². The molecule has 9 heteroatoms. The number of nitrogens with zero attached hydrogens (tertiary/aromatic N) is 4. The van der Waals surface area contributed by atoms with Crippen LogP contribution in [0.5, 0.6) is 0 Å². The summed E-state index contributed by atoms with van der Waals surface area (Å²) in [5, 5.41) is 7.65. The first-order valence-electron chi connectivity index (χ1n) is 19.2. The van der Waals surface area contributed by atoms with E-state index in [-0.39, 0.29) is 48.9 Å². The number of anilines is 1. The number of fused-ring (bicyclic) bond motifs is 4. The molecule has 2 saturated heterocycles. The van der Waals surface area contributed by atoms with Gasteiger partial charge in [-0.15, -0.1) is 0 Å². The number of benzene rings is 3. The number of nitrogens with one attached hydrogen (secondary N) is 1. The van der Waals surface area contributed by atoms with Gasteiger partial charge in [0.15, 0.2) is 0 Å². The van der Waals surface area contributed by atoms with E-state index in [1.807, 2.05) is 50.2 Å². The molecule has 4 aliphatic rings. The SMILES string of the molecule is CC(C)n1nccc1C(=O)N1C[C@H]2CN(C(=O)OCC3c4ccccc4-c4ccccc43)CCC[C@]2(C(=O)Nc2ccc(C3CCCCC3)cc2)C1. The van der Waals surface area contributed by atoms with Crippen molar-refractivity contribution in [1.82, 2.24) is 19.6 Å². The molecule has 0 bridgehead atoms. The van der Waals surface area contributed by atoms with Crippen LogP contribution in [0, 0.1) is 11.3 Å². The number of amides is 3. The smallest absolute Gasteiger partial charge is 0.409 e. The molecule has 3 heterocycles. The van der Waals surface area contributed by atoms with E-state index in [2.05, 4.69) is 46.8 Å². The molecule has 0 spiro atoms. The topological polar surface area (TPSA) is 96.8 Å². The van der Waals surface area contributed by atoms with Gasteiger partial charge in [-0.25, -0.2) is 4.79 Å². The van der Waals surface area contributed by atoms with Gasteiger partial charge in [0.2, 0.25) is 5.91 Å². The Morgan fingerprint density at radius 1 is 0.846 bits per heavy atom. The minimum Gasteiger partial charge on any atom is -0.448 e. The van der Waals surface area contributed by atoms with Crippen molar-refractivity contribution in [3.05, 3.63) is 107 Å². The molecule has 4 aromatic rings. The van der Waals surface area contributed by atoms with Gasteiger partial charge < -0.3 is 19.9 Å². The maximum Gasteiger partial charge on any atom is 0.409 e. The fraction of sp³-hybridized carbons (Fsp3) is 0.442. The zero-order valence-corrected chi connectivity index (χ0v) is 30.3. The first-order chi connectivity index (χ1) is 25.3. The predicted octanol–water partition coefficient (Wildman–Crippen LogP) is 8.25. The number of aromatic nitrogens is 2. The lowest BCUT2D eigenvalue weighted by Gasteiger charge is -2.32. The quantitative estimate of drug-likeness (QED) is 0.210. The molecule has 52 heavy (non-hydrogen) atoms. The second kappa shape index (κ2) is 14.2. The van der Waals surface area contributed by atoms with Crippen molar-refractivity contribution < 1.29 is 19.1 Å². The van der Waals surface area contributed by atoms with Gasteiger partial charge in [-0.05, 0) is 91.5 Å². The third kappa shape index (κ3) is 6.28. The first kappa shape index (κ1) is 34.2. The molecule has 1 aromatic heterocycles. The molecule has 3 aromatic carbocycles. The molecule has 9 nitrogen and oxygen atoms in total. The largest absolute Gasteiger partial charge is 0.448 e. The van der Waals surface area contributed by atoms with Crippen LogP contribution < -0.4 is 5.32 Å². The molecule has 3 amide bonds. The van der Waals surface area contributed by atoms with Gasteiger partial charge in [-0.2, -0.15) is 5.10 Å². The molecule has 270 valence electrons. The standard InChI is InChI=1S/C43H49N5O4/c1-29(2)48-39(21-23-44-48)40(49)47-26-32-25-46(42(51)52-27-38-36-15-8-6-13-34(36)35-14-7-9-16-37(35)38)24-10-22-43(32,28-47)41(50)45-33-19-17-31(18-20-33)30-11-4-3-5-12-30/h6-9,13-21,23,29-30,32,38H,3-5,10-12,22,24-28H2,1-2H3,(H,45,50)/t32-,43+/m1/s1. The molecule has 0 radical (unpaired) electrons. The number of likely N-dealkylation sites (tertiary alicyclic amines) is 2. The molecular formula is C43H49N5O4. The van der Waals surface area contributed by atoms with Crippen molar-refractivity contribution in [2.45, 2.75) is 76.7 Å². The Morgan fingerprint density at radius 3 is 2.21 bits per heavy atom. The molecule has 1 saturated carbocycles. The Kier molecular flexibility index (Phi) is 9.36. The lowest BCUT2D eigenvalue weighted by Crippen LogP contribution is -2.45. The fourth-order valence-electron chi connectivity index (χ4n) is 9.40. The van der Waals surface area contributed by atoms with Crippen LogP contribution in [0.4, 0.5) is 10.5 Å². The van der Waals surface area contributed by atoms with Crippen LogP contribution in [-0.4, -0.2) is 70.3 Å². The molecule has 2 aliphatic heterocycles. The maximum atomic E-state index is 14.5. The number of carbonyl (C=O) groups excluding carboxylic acids is 3. The fourth-order valence-corrected chi connectivity index (χ4v) is 9.40. The van der Waals surface area contributed by atoms with Crippen LogP contribution in [0.2, 0.25) is 0 Å². The van der Waals surface area contributed by atoms with E-state index in [0.29, 0.717) is 44.1 Å². The van der Waals surface area contributed by atoms with Crippen molar-refractivity contribution in [3.8, 4) is 11.1 Å². The van der Waals surface area contributed by atoms with Gasteiger partial charge in [0.25, 0.3) is 5.91 Å². The average molecular weight is 700 g/mol. The minimum atomic E-state index is -0.862. The summed E-state index contributed by atoms with van der Waals surface area (Å²) in [6, 6.07) is 26.8. The third-order valence-electron chi connectivity index (χ3n) is 12.1. The van der Waals surface area contributed by atoms with Crippen molar-refractivity contribution in [2.75, 3.05) is 38.1 Å². The molecule has 2 atom stereocenters. The average Bonchev–Trinajstić information content (AvgIpc) is 3.86. The highest BCUT2D eigenvalue weighted by Crippen LogP contribution is 2.46. The molecule has 3 fully saturated rings. The summed E-state index contributed by atoms with van der Waals surface area (Å²) in [6.45, 7) is 5.70. The van der Waals surface area contributed by atoms with Gasteiger partial charge >= 0.3 is 6.09 Å². The Labute approximate surface area is 306 Å². The number of carbonyl (C=O) groups is 3. The summed E-state index contributed by atoms with van der Waals surface area (Å²) in [5.74, 6) is 0.0429. The highest BCUT2D eigenvalue weighted by Gasteiger charge is 2.55. The van der Waals surface area contributed by atoms with Gasteiger partial charge in [-0.1, -0.05) is 79.9 Å². The van der Waals surface area contributed by atoms with Gasteiger partial charge in [0, 0.05) is 55.9 Å². The Bertz CT molecular complexity index is 1900. The molecule has 1 N–H and O–H groups in total. The molecule has 0 unspecified atom stereocenters. The van der Waals surface area contributed by atoms with Crippen molar-refractivity contribution in [2.24, 2.45) is 11.3 Å². The van der Waals surface area contributed by atoms with Gasteiger partial charge in [0.1, 0.15) is 12.3 Å². The number of rotatable bonds is 7. The Hall–Kier alpha value is -4.92. The van der Waals surface area contributed by atoms with Crippen molar-refractivity contribution in [3.63, 3.8) is 0 Å². The third-order valence-corrected chi connectivity index (χ3v) is 12.1. The van der Waals surface area contributed by atoms with Crippen molar-refractivity contribution >= 4 is 23.6 Å². The normalized spacial score (nSPS) is 21.7. The second-order valence-corrected chi connectivity index (χ2v) is 15.6. The van der Waals surface area contributed by atoms with Gasteiger partial charge in [0.05, 0.1) is 5.41 Å². The zero-order valence-electron chi connectivity index (χ0n) is 30.3. The highest BCUT2D eigenvalue weighted by molar-refractivity contribution is 5.98. The lowest BCUT2D eigenvalue weighted by atomic mass is 9.74. The lowest BCUT2D eigenvalue weighted by molar-refractivity contribution is -0.127. The number of hydrogen-bond donors (Lipinski definition) is 1. The first-order valence-corrected chi connectivity index (χ1v) is 19.2. The van der Waals surface area contributed by atoms with E-state index in [4.69, 9.17) is 4.74 Å². The zero-order chi connectivity index (χ0) is 35.8. The van der Waals surface area contributed by atoms with Crippen LogP contribution in [-0.2, 0) is 9.53 Å². The van der Waals surface area contributed by atoms with E-state index >= 15 is 0 Å². The molecule has 8 rings (SSSR count). The molecular weight excluding hydrogens is 651 g/mol.